The van der Waals surface area contributed by atoms with E-state index >= 15 is 0 Å². The molecule has 0 spiro atoms. The van der Waals surface area contributed by atoms with E-state index in [9.17, 15) is 9.59 Å². The zero-order valence-corrected chi connectivity index (χ0v) is 14.1. The lowest BCUT2D eigenvalue weighted by molar-refractivity contribution is -0.126. The Kier molecular flexibility index (Phi) is 7.84. The largest absolute Gasteiger partial charge is 0.338 e. The van der Waals surface area contributed by atoms with Crippen molar-refractivity contribution in [2.45, 2.75) is 67.2 Å². The number of ketones is 1. The van der Waals surface area contributed by atoms with Gasteiger partial charge in [0.05, 0.1) is 0 Å². The summed E-state index contributed by atoms with van der Waals surface area (Å²) in [6, 6.07) is -0.137. The monoisotopic (exact) mass is 284 g/mol. The van der Waals surface area contributed by atoms with Crippen molar-refractivity contribution in [2.24, 2.45) is 10.8 Å². The van der Waals surface area contributed by atoms with Gasteiger partial charge in [0.25, 0.3) is 0 Å². The van der Waals surface area contributed by atoms with Gasteiger partial charge in [-0.3, -0.25) is 4.79 Å². The summed E-state index contributed by atoms with van der Waals surface area (Å²) in [5.41, 5.74) is 0.0285. The van der Waals surface area contributed by atoms with Crippen LogP contribution in [-0.4, -0.2) is 24.9 Å². The molecule has 4 heteroatoms. The SMILES string of the molecule is CC(C)(C)CCCNC(=O)NCCCC(=O)C(C)(C)C. The molecule has 20 heavy (non-hydrogen) atoms. The Bertz CT molecular complexity index is 311. The topological polar surface area (TPSA) is 58.2 Å². The Morgan fingerprint density at radius 1 is 0.850 bits per heavy atom. The van der Waals surface area contributed by atoms with Crippen molar-refractivity contribution in [3.63, 3.8) is 0 Å². The van der Waals surface area contributed by atoms with Gasteiger partial charge in [0, 0.05) is 24.9 Å². The number of hydrogen-bond acceptors (Lipinski definition) is 2. The van der Waals surface area contributed by atoms with E-state index < -0.39 is 0 Å². The summed E-state index contributed by atoms with van der Waals surface area (Å²) in [6.45, 7) is 13.6. The summed E-state index contributed by atoms with van der Waals surface area (Å²) in [5.74, 6) is 0.241. The normalized spacial score (nSPS) is 12.1. The molecule has 0 atom stereocenters. The van der Waals surface area contributed by atoms with Gasteiger partial charge in [-0.1, -0.05) is 41.5 Å². The Morgan fingerprint density at radius 3 is 1.80 bits per heavy atom. The highest BCUT2D eigenvalue weighted by atomic mass is 16.2. The van der Waals surface area contributed by atoms with Crippen LogP contribution in [-0.2, 0) is 4.79 Å². The zero-order valence-electron chi connectivity index (χ0n) is 14.1. The van der Waals surface area contributed by atoms with Gasteiger partial charge in [-0.05, 0) is 24.7 Å². The Hall–Kier alpha value is -1.06. The van der Waals surface area contributed by atoms with Crippen LogP contribution in [0.25, 0.3) is 0 Å². The van der Waals surface area contributed by atoms with Crippen molar-refractivity contribution in [3.05, 3.63) is 0 Å². The third kappa shape index (κ3) is 10.8. The van der Waals surface area contributed by atoms with Crippen LogP contribution in [0, 0.1) is 10.8 Å². The smallest absolute Gasteiger partial charge is 0.314 e. The zero-order chi connectivity index (χ0) is 15.8. The standard InChI is InChI=1S/C16H32N2O2/c1-15(2,3)10-8-12-18-14(20)17-11-7-9-13(19)16(4,5)6/h7-12H2,1-6H3,(H2,17,18,20). The molecule has 0 heterocycles. The number of rotatable bonds is 7. The number of Topliss-reactive ketones (excluding diaryl/α,β-unsaturated/α-hetero) is 1. The van der Waals surface area contributed by atoms with E-state index in [1.807, 2.05) is 20.8 Å². The average Bonchev–Trinajstić information content (AvgIpc) is 2.27. The minimum atomic E-state index is -0.283. The molecule has 118 valence electrons. The fourth-order valence-corrected chi connectivity index (χ4v) is 1.71. The van der Waals surface area contributed by atoms with E-state index in [4.69, 9.17) is 0 Å². The van der Waals surface area contributed by atoms with Gasteiger partial charge >= 0.3 is 6.03 Å². The van der Waals surface area contributed by atoms with Crippen molar-refractivity contribution >= 4 is 11.8 Å². The summed E-state index contributed by atoms with van der Waals surface area (Å²) in [4.78, 5) is 23.2. The molecule has 0 aromatic heterocycles. The first-order chi connectivity index (χ1) is 9.02. The minimum absolute atomic E-state index is 0.137. The third-order valence-corrected chi connectivity index (χ3v) is 3.09. The number of hydrogen-bond donors (Lipinski definition) is 2. The molecule has 0 rings (SSSR count). The fourth-order valence-electron chi connectivity index (χ4n) is 1.71. The van der Waals surface area contributed by atoms with Crippen molar-refractivity contribution in [3.8, 4) is 0 Å². The van der Waals surface area contributed by atoms with E-state index in [1.54, 1.807) is 0 Å². The summed E-state index contributed by atoms with van der Waals surface area (Å²) in [7, 11) is 0. The molecule has 0 aliphatic rings. The lowest BCUT2D eigenvalue weighted by atomic mass is 9.88. The van der Waals surface area contributed by atoms with Crippen LogP contribution < -0.4 is 10.6 Å². The van der Waals surface area contributed by atoms with Gasteiger partial charge in [-0.15, -0.1) is 0 Å². The highest BCUT2D eigenvalue weighted by Crippen LogP contribution is 2.19. The molecular weight excluding hydrogens is 252 g/mol. The second-order valence-electron chi connectivity index (χ2n) is 7.62. The number of amides is 2. The van der Waals surface area contributed by atoms with Crippen molar-refractivity contribution in [2.75, 3.05) is 13.1 Å². The number of carbonyl (C=O) groups excluding carboxylic acids is 2. The second kappa shape index (κ2) is 8.28. The molecule has 0 radical (unpaired) electrons. The molecule has 0 saturated carbocycles. The van der Waals surface area contributed by atoms with Crippen LogP contribution in [0.3, 0.4) is 0 Å². The van der Waals surface area contributed by atoms with Gasteiger partial charge in [0.15, 0.2) is 0 Å². The molecular formula is C16H32N2O2. The van der Waals surface area contributed by atoms with E-state index in [0.29, 0.717) is 31.3 Å². The predicted molar refractivity (Wildman–Crippen MR) is 83.8 cm³/mol. The maximum absolute atomic E-state index is 11.7. The summed E-state index contributed by atoms with van der Waals surface area (Å²) < 4.78 is 0. The molecule has 0 fully saturated rings. The number of carbonyl (C=O) groups is 2. The molecule has 0 saturated heterocycles. The van der Waals surface area contributed by atoms with Crippen LogP contribution in [0.2, 0.25) is 0 Å². The predicted octanol–water partition coefficient (Wildman–Crippen LogP) is 3.51. The molecule has 0 aromatic carbocycles. The first-order valence-electron chi connectivity index (χ1n) is 7.57. The van der Waals surface area contributed by atoms with Crippen LogP contribution in [0.15, 0.2) is 0 Å². The van der Waals surface area contributed by atoms with E-state index in [2.05, 4.69) is 31.4 Å². The summed E-state index contributed by atoms with van der Waals surface area (Å²) >= 11 is 0. The van der Waals surface area contributed by atoms with E-state index in [1.165, 1.54) is 0 Å². The lowest BCUT2D eigenvalue weighted by Gasteiger charge is -2.18. The highest BCUT2D eigenvalue weighted by molar-refractivity contribution is 5.83. The van der Waals surface area contributed by atoms with Crippen LogP contribution in [0.4, 0.5) is 4.79 Å². The minimum Gasteiger partial charge on any atom is -0.338 e. The van der Waals surface area contributed by atoms with Gasteiger partial charge in [0.1, 0.15) is 5.78 Å². The van der Waals surface area contributed by atoms with Gasteiger partial charge in [-0.2, -0.15) is 0 Å². The van der Waals surface area contributed by atoms with Gasteiger partial charge in [-0.25, -0.2) is 4.79 Å². The van der Waals surface area contributed by atoms with Crippen molar-refractivity contribution < 1.29 is 9.59 Å². The van der Waals surface area contributed by atoms with E-state index in [-0.39, 0.29) is 17.2 Å². The van der Waals surface area contributed by atoms with Gasteiger partial charge < -0.3 is 10.6 Å². The molecule has 0 aromatic rings. The summed E-state index contributed by atoms with van der Waals surface area (Å²) in [6.07, 6.45) is 3.30. The maximum Gasteiger partial charge on any atom is 0.314 e. The maximum atomic E-state index is 11.7. The number of nitrogens with one attached hydrogen (secondary N) is 2. The Balaban J connectivity index is 3.58. The quantitative estimate of drug-likeness (QED) is 0.703. The van der Waals surface area contributed by atoms with Crippen molar-refractivity contribution in [1.82, 2.24) is 10.6 Å². The molecule has 2 amide bonds. The first-order valence-corrected chi connectivity index (χ1v) is 7.57. The van der Waals surface area contributed by atoms with Crippen LogP contribution in [0.5, 0.6) is 0 Å². The first kappa shape index (κ1) is 18.9. The highest BCUT2D eigenvalue weighted by Gasteiger charge is 2.20. The molecule has 2 N–H and O–H groups in total. The van der Waals surface area contributed by atoms with Gasteiger partial charge in [0.2, 0.25) is 0 Å². The van der Waals surface area contributed by atoms with Crippen molar-refractivity contribution in [1.29, 1.82) is 0 Å². The second-order valence-corrected chi connectivity index (χ2v) is 7.62. The Morgan fingerprint density at radius 2 is 1.35 bits per heavy atom. The number of urea groups is 1. The molecule has 0 bridgehead atoms. The van der Waals surface area contributed by atoms with Crippen LogP contribution >= 0.6 is 0 Å². The fraction of sp³-hybridized carbons (Fsp3) is 0.875. The average molecular weight is 284 g/mol. The summed E-state index contributed by atoms with van der Waals surface area (Å²) in [5, 5.41) is 5.62. The molecule has 0 aliphatic carbocycles. The van der Waals surface area contributed by atoms with E-state index in [0.717, 1.165) is 12.8 Å². The lowest BCUT2D eigenvalue weighted by Crippen LogP contribution is -2.37. The third-order valence-electron chi connectivity index (χ3n) is 3.09. The molecule has 4 nitrogen and oxygen atoms in total. The molecule has 0 unspecified atom stereocenters. The Labute approximate surface area is 124 Å². The van der Waals surface area contributed by atoms with Crippen LogP contribution in [0.1, 0.15) is 67.2 Å². The molecule has 0 aliphatic heterocycles.